The second kappa shape index (κ2) is 6.23. The molecule has 1 saturated carbocycles. The van der Waals surface area contributed by atoms with Crippen LogP contribution >= 0.6 is 0 Å². The van der Waals surface area contributed by atoms with Gasteiger partial charge in [-0.15, -0.1) is 0 Å². The minimum atomic E-state index is -3.79. The van der Waals surface area contributed by atoms with E-state index in [0.29, 0.717) is 13.0 Å². The number of ether oxygens (including phenoxy) is 1. The molecule has 0 bridgehead atoms. The summed E-state index contributed by atoms with van der Waals surface area (Å²) in [5.41, 5.74) is 0. The first-order chi connectivity index (χ1) is 10.5. The molecule has 3 rings (SSSR count). The van der Waals surface area contributed by atoms with Gasteiger partial charge in [0.1, 0.15) is 5.82 Å². The van der Waals surface area contributed by atoms with E-state index in [-0.39, 0.29) is 30.0 Å². The number of rotatable bonds is 3. The van der Waals surface area contributed by atoms with Gasteiger partial charge in [-0.2, -0.15) is 4.31 Å². The van der Waals surface area contributed by atoms with Crippen LogP contribution in [0, 0.1) is 11.7 Å². The molecular formula is C15H20FNO4S. The molecule has 5 nitrogen and oxygen atoms in total. The van der Waals surface area contributed by atoms with Crippen LogP contribution in [-0.4, -0.2) is 49.7 Å². The quantitative estimate of drug-likeness (QED) is 0.910. The number of hydrogen-bond acceptors (Lipinski definition) is 4. The van der Waals surface area contributed by atoms with E-state index >= 15 is 0 Å². The summed E-state index contributed by atoms with van der Waals surface area (Å²) >= 11 is 0. The third-order valence-corrected chi connectivity index (χ3v) is 6.46. The van der Waals surface area contributed by atoms with Gasteiger partial charge in [-0.05, 0) is 31.0 Å². The predicted octanol–water partition coefficient (Wildman–Crippen LogP) is 1.38. The smallest absolute Gasteiger partial charge is 0.243 e. The van der Waals surface area contributed by atoms with Crippen LogP contribution in [0.3, 0.4) is 0 Å². The number of halogens is 1. The summed E-state index contributed by atoms with van der Waals surface area (Å²) in [5, 5.41) is 10.1. The van der Waals surface area contributed by atoms with Gasteiger partial charge in [-0.1, -0.05) is 12.5 Å². The highest BCUT2D eigenvalue weighted by molar-refractivity contribution is 7.89. The SMILES string of the molecule is O=S(=O)(c1cccc(F)c1)N1CCOC[C@@H]1[C@H]1CCC[C@@H]1O. The first kappa shape index (κ1) is 15.9. The third-order valence-electron chi connectivity index (χ3n) is 4.54. The fraction of sp³-hybridized carbons (Fsp3) is 0.600. The molecule has 1 aromatic carbocycles. The zero-order valence-corrected chi connectivity index (χ0v) is 13.0. The monoisotopic (exact) mass is 329 g/mol. The first-order valence-corrected chi connectivity index (χ1v) is 8.97. The summed E-state index contributed by atoms with van der Waals surface area (Å²) in [7, 11) is -3.79. The van der Waals surface area contributed by atoms with Crippen molar-refractivity contribution in [1.82, 2.24) is 4.31 Å². The topological polar surface area (TPSA) is 66.8 Å². The lowest BCUT2D eigenvalue weighted by Gasteiger charge is -2.39. The van der Waals surface area contributed by atoms with E-state index in [0.717, 1.165) is 18.9 Å². The molecule has 1 aliphatic carbocycles. The van der Waals surface area contributed by atoms with E-state index in [4.69, 9.17) is 4.74 Å². The molecule has 1 heterocycles. The molecule has 2 fully saturated rings. The zero-order valence-electron chi connectivity index (χ0n) is 12.2. The zero-order chi connectivity index (χ0) is 15.7. The number of sulfonamides is 1. The van der Waals surface area contributed by atoms with Crippen molar-refractivity contribution < 1.29 is 22.7 Å². The fourth-order valence-corrected chi connectivity index (χ4v) is 5.10. The molecule has 7 heteroatoms. The Morgan fingerprint density at radius 3 is 2.82 bits per heavy atom. The Kier molecular flexibility index (Phi) is 4.49. The standard InChI is InChI=1S/C15H20FNO4S/c16-11-3-1-4-12(9-11)22(19,20)17-7-8-21-10-14(17)13-5-2-6-15(13)18/h1,3-4,9,13-15,18H,2,5-8,10H2/t13-,14-,15+/m1/s1. The summed E-state index contributed by atoms with van der Waals surface area (Å²) in [6, 6.07) is 4.65. The molecular weight excluding hydrogens is 309 g/mol. The molecule has 1 N–H and O–H groups in total. The average molecular weight is 329 g/mol. The van der Waals surface area contributed by atoms with Crippen LogP contribution in [0.25, 0.3) is 0 Å². The molecule has 1 saturated heterocycles. The van der Waals surface area contributed by atoms with Crippen molar-refractivity contribution in [2.45, 2.75) is 36.3 Å². The summed E-state index contributed by atoms with van der Waals surface area (Å²) < 4.78 is 45.9. The van der Waals surface area contributed by atoms with Gasteiger partial charge in [-0.25, -0.2) is 12.8 Å². The maximum absolute atomic E-state index is 13.4. The first-order valence-electron chi connectivity index (χ1n) is 7.53. The predicted molar refractivity (Wildman–Crippen MR) is 78.2 cm³/mol. The lowest BCUT2D eigenvalue weighted by molar-refractivity contribution is -0.0148. The van der Waals surface area contributed by atoms with Gasteiger partial charge in [0.2, 0.25) is 10.0 Å². The molecule has 0 unspecified atom stereocenters. The van der Waals surface area contributed by atoms with Crippen LogP contribution in [0.1, 0.15) is 19.3 Å². The maximum atomic E-state index is 13.4. The van der Waals surface area contributed by atoms with E-state index in [9.17, 15) is 17.9 Å². The van der Waals surface area contributed by atoms with Crippen molar-refractivity contribution in [3.8, 4) is 0 Å². The van der Waals surface area contributed by atoms with Crippen molar-refractivity contribution in [2.24, 2.45) is 5.92 Å². The Balaban J connectivity index is 1.92. The number of aliphatic hydroxyl groups is 1. The molecule has 122 valence electrons. The minimum Gasteiger partial charge on any atom is -0.393 e. The average Bonchev–Trinajstić information content (AvgIpc) is 2.93. The molecule has 1 aromatic rings. The number of benzene rings is 1. The number of aliphatic hydroxyl groups excluding tert-OH is 1. The Bertz CT molecular complexity index is 636. The third kappa shape index (κ3) is 2.90. The summed E-state index contributed by atoms with van der Waals surface area (Å²) in [6.45, 7) is 0.816. The van der Waals surface area contributed by atoms with Gasteiger partial charge in [0.25, 0.3) is 0 Å². The van der Waals surface area contributed by atoms with Crippen molar-refractivity contribution in [2.75, 3.05) is 19.8 Å². The molecule has 3 atom stereocenters. The van der Waals surface area contributed by atoms with Crippen molar-refractivity contribution in [3.05, 3.63) is 30.1 Å². The van der Waals surface area contributed by atoms with Gasteiger partial charge in [0.05, 0.1) is 30.3 Å². The van der Waals surface area contributed by atoms with Crippen LogP contribution in [-0.2, 0) is 14.8 Å². The van der Waals surface area contributed by atoms with Crippen LogP contribution in [0.5, 0.6) is 0 Å². The highest BCUT2D eigenvalue weighted by Crippen LogP contribution is 2.34. The van der Waals surface area contributed by atoms with Gasteiger partial charge >= 0.3 is 0 Å². The van der Waals surface area contributed by atoms with E-state index in [1.807, 2.05) is 0 Å². The van der Waals surface area contributed by atoms with Gasteiger partial charge in [-0.3, -0.25) is 0 Å². The fourth-order valence-electron chi connectivity index (χ4n) is 3.42. The van der Waals surface area contributed by atoms with Crippen molar-refractivity contribution in [1.29, 1.82) is 0 Å². The summed E-state index contributed by atoms with van der Waals surface area (Å²) in [6.07, 6.45) is 1.85. The van der Waals surface area contributed by atoms with E-state index in [2.05, 4.69) is 0 Å². The van der Waals surface area contributed by atoms with Crippen molar-refractivity contribution >= 4 is 10.0 Å². The molecule has 1 aliphatic heterocycles. The Morgan fingerprint density at radius 1 is 1.32 bits per heavy atom. The normalized spacial score (nSPS) is 30.5. The lowest BCUT2D eigenvalue weighted by Crippen LogP contribution is -2.53. The van der Waals surface area contributed by atoms with Gasteiger partial charge in [0, 0.05) is 12.5 Å². The largest absolute Gasteiger partial charge is 0.393 e. The highest BCUT2D eigenvalue weighted by atomic mass is 32.2. The highest BCUT2D eigenvalue weighted by Gasteiger charge is 2.42. The van der Waals surface area contributed by atoms with Crippen LogP contribution in [0.2, 0.25) is 0 Å². The molecule has 0 aromatic heterocycles. The number of hydrogen-bond donors (Lipinski definition) is 1. The van der Waals surface area contributed by atoms with Gasteiger partial charge in [0.15, 0.2) is 0 Å². The van der Waals surface area contributed by atoms with Crippen LogP contribution < -0.4 is 0 Å². The second-order valence-electron chi connectivity index (χ2n) is 5.88. The Hall–Kier alpha value is -1.02. The van der Waals surface area contributed by atoms with Crippen LogP contribution in [0.15, 0.2) is 29.2 Å². The van der Waals surface area contributed by atoms with Gasteiger partial charge < -0.3 is 9.84 Å². The minimum absolute atomic E-state index is 0.0492. The van der Waals surface area contributed by atoms with E-state index in [1.165, 1.54) is 22.5 Å². The Labute approximate surface area is 129 Å². The van der Waals surface area contributed by atoms with E-state index in [1.54, 1.807) is 0 Å². The molecule has 0 amide bonds. The Morgan fingerprint density at radius 2 is 2.14 bits per heavy atom. The summed E-state index contributed by atoms with van der Waals surface area (Å²) in [5.74, 6) is -0.699. The second-order valence-corrected chi connectivity index (χ2v) is 7.77. The molecule has 2 aliphatic rings. The number of nitrogens with zero attached hydrogens (tertiary/aromatic N) is 1. The summed E-state index contributed by atoms with van der Waals surface area (Å²) in [4.78, 5) is -0.0492. The van der Waals surface area contributed by atoms with E-state index < -0.39 is 21.9 Å². The van der Waals surface area contributed by atoms with Crippen molar-refractivity contribution in [3.63, 3.8) is 0 Å². The number of morpholine rings is 1. The lowest BCUT2D eigenvalue weighted by atomic mass is 9.96. The molecule has 0 spiro atoms. The maximum Gasteiger partial charge on any atom is 0.243 e. The molecule has 22 heavy (non-hydrogen) atoms. The van der Waals surface area contributed by atoms with Crippen LogP contribution in [0.4, 0.5) is 4.39 Å². The molecule has 0 radical (unpaired) electrons.